The molecule has 1 atom stereocenters. The third-order valence-electron chi connectivity index (χ3n) is 7.55. The van der Waals surface area contributed by atoms with E-state index in [1.165, 1.54) is 28.7 Å². The maximum Gasteiger partial charge on any atom is 0.116 e. The van der Waals surface area contributed by atoms with Crippen molar-refractivity contribution in [1.29, 1.82) is 0 Å². The fourth-order valence-electron chi connectivity index (χ4n) is 5.40. The van der Waals surface area contributed by atoms with Crippen molar-refractivity contribution in [3.8, 4) is 0 Å². The molecule has 4 aromatic carbocycles. The van der Waals surface area contributed by atoms with E-state index in [1.54, 1.807) is 0 Å². The summed E-state index contributed by atoms with van der Waals surface area (Å²) in [6.45, 7) is 6.29. The molecule has 0 aliphatic carbocycles. The summed E-state index contributed by atoms with van der Waals surface area (Å²) in [6.07, 6.45) is 10.3. The zero-order valence-corrected chi connectivity index (χ0v) is 24.6. The van der Waals surface area contributed by atoms with Gasteiger partial charge in [0, 0.05) is 12.4 Å². The van der Waals surface area contributed by atoms with Gasteiger partial charge in [-0.1, -0.05) is 146 Å². The Kier molecular flexibility index (Phi) is 10.3. The number of rotatable bonds is 10. The topological polar surface area (TPSA) is 17.8 Å². The third-order valence-corrected chi connectivity index (χ3v) is 10.4. The first-order chi connectivity index (χ1) is 19.1. The van der Waals surface area contributed by atoms with Gasteiger partial charge < -0.3 is 4.57 Å². The number of hydrogen-bond donors (Lipinski definition) is 0. The second-order valence-electron chi connectivity index (χ2n) is 10.3. The van der Waals surface area contributed by atoms with Crippen LogP contribution in [0.3, 0.4) is 0 Å². The molecule has 0 fully saturated rings. The second-order valence-corrected chi connectivity index (χ2v) is 13.1. The Balaban J connectivity index is 0.000000212. The zero-order valence-electron chi connectivity index (χ0n) is 23.2. The highest BCUT2D eigenvalue weighted by atomic mass is 28.2. The first-order valence-electron chi connectivity index (χ1n) is 14.0. The lowest BCUT2D eigenvalue weighted by Gasteiger charge is -2.38. The van der Waals surface area contributed by atoms with Gasteiger partial charge in [0.1, 0.15) is 7.85 Å². The number of nitrogens with zero attached hydrogens (tertiary/aromatic N) is 2. The van der Waals surface area contributed by atoms with Gasteiger partial charge in [-0.15, -0.1) is 6.58 Å². The van der Waals surface area contributed by atoms with Gasteiger partial charge in [-0.25, -0.2) is 4.98 Å². The van der Waals surface area contributed by atoms with E-state index in [9.17, 15) is 0 Å². The largest absolute Gasteiger partial charge is 0.327 e. The number of aromatic nitrogens is 2. The first kappa shape index (κ1) is 28.1. The molecule has 0 saturated heterocycles. The standard InChI is InChI=1S/C22H26N2Si.C13H13B/c1-3-4-11-19(2)25-22(24-17-16-23-18-24,20-12-7-5-8-13-20)21-14-9-6-10-15-21;14-13(11-7-3-1-4-8-11)12-9-5-2-6-10-12/h3,5-10,12-19H,1,4,11,25H2,2H3;1-10,13H,14H2. The summed E-state index contributed by atoms with van der Waals surface area (Å²) in [4.78, 5) is 4.38. The van der Waals surface area contributed by atoms with Crippen LogP contribution in [0.5, 0.6) is 0 Å². The molecule has 2 nitrogen and oxygen atoms in total. The van der Waals surface area contributed by atoms with E-state index in [2.05, 4.69) is 158 Å². The van der Waals surface area contributed by atoms with Gasteiger partial charge >= 0.3 is 0 Å². The molecule has 0 amide bonds. The Morgan fingerprint density at radius 1 is 0.795 bits per heavy atom. The van der Waals surface area contributed by atoms with Gasteiger partial charge in [0.2, 0.25) is 0 Å². The molecule has 1 aromatic heterocycles. The monoisotopic (exact) mass is 526 g/mol. The quantitative estimate of drug-likeness (QED) is 0.142. The van der Waals surface area contributed by atoms with Gasteiger partial charge in [0.05, 0.1) is 21.0 Å². The van der Waals surface area contributed by atoms with Crippen LogP contribution in [0.2, 0.25) is 5.54 Å². The predicted octanol–water partition coefficient (Wildman–Crippen LogP) is 6.99. The predicted molar refractivity (Wildman–Crippen MR) is 172 cm³/mol. The Labute approximate surface area is 237 Å². The normalized spacial score (nSPS) is 12.2. The van der Waals surface area contributed by atoms with Crippen LogP contribution in [0, 0.1) is 0 Å². The van der Waals surface area contributed by atoms with Crippen molar-refractivity contribution in [3.63, 3.8) is 0 Å². The maximum atomic E-state index is 4.38. The van der Waals surface area contributed by atoms with Crippen LogP contribution in [0.25, 0.3) is 0 Å². The van der Waals surface area contributed by atoms with E-state index < -0.39 is 9.52 Å². The Morgan fingerprint density at radius 3 is 1.67 bits per heavy atom. The summed E-state index contributed by atoms with van der Waals surface area (Å²) in [6, 6.07) is 43.0. The molecule has 4 heteroatoms. The van der Waals surface area contributed by atoms with Crippen LogP contribution >= 0.6 is 0 Å². The molecular formula is C35H39BN2Si. The lowest BCUT2D eigenvalue weighted by Crippen LogP contribution is -2.43. The van der Waals surface area contributed by atoms with E-state index >= 15 is 0 Å². The van der Waals surface area contributed by atoms with Crippen LogP contribution < -0.4 is 0 Å². The van der Waals surface area contributed by atoms with Crippen molar-refractivity contribution in [2.75, 3.05) is 0 Å². The summed E-state index contributed by atoms with van der Waals surface area (Å²) in [5.74, 6) is 0.484. The molecule has 0 radical (unpaired) electrons. The van der Waals surface area contributed by atoms with Crippen LogP contribution in [0.1, 0.15) is 47.8 Å². The Morgan fingerprint density at radius 2 is 1.26 bits per heavy atom. The number of imidazole rings is 1. The summed E-state index contributed by atoms with van der Waals surface area (Å²) in [5, 5.41) is -0.112. The third kappa shape index (κ3) is 7.16. The number of hydrogen-bond acceptors (Lipinski definition) is 1. The van der Waals surface area contributed by atoms with E-state index in [0.717, 1.165) is 6.42 Å². The molecular weight excluding hydrogens is 487 g/mol. The fourth-order valence-corrected chi connectivity index (χ4v) is 8.19. The van der Waals surface area contributed by atoms with Gasteiger partial charge in [0.15, 0.2) is 0 Å². The molecule has 1 unspecified atom stereocenters. The molecule has 196 valence electrons. The summed E-state index contributed by atoms with van der Waals surface area (Å²) in [7, 11) is 1.67. The summed E-state index contributed by atoms with van der Waals surface area (Å²) < 4.78 is 2.33. The molecule has 39 heavy (non-hydrogen) atoms. The van der Waals surface area contributed by atoms with E-state index in [4.69, 9.17) is 0 Å². The minimum atomic E-state index is -0.568. The maximum absolute atomic E-state index is 4.38. The van der Waals surface area contributed by atoms with Gasteiger partial charge in [-0.05, 0) is 34.5 Å². The Bertz CT molecular complexity index is 1280. The van der Waals surface area contributed by atoms with Crippen molar-refractivity contribution in [3.05, 3.63) is 175 Å². The molecule has 5 aromatic rings. The fraction of sp³-hybridized carbons (Fsp3) is 0.171. The van der Waals surface area contributed by atoms with Crippen molar-refractivity contribution in [2.24, 2.45) is 0 Å². The van der Waals surface area contributed by atoms with Gasteiger partial charge in [0.25, 0.3) is 0 Å². The molecule has 0 spiro atoms. The van der Waals surface area contributed by atoms with Crippen molar-refractivity contribution in [1.82, 2.24) is 9.55 Å². The minimum absolute atomic E-state index is 0.112. The van der Waals surface area contributed by atoms with Gasteiger partial charge in [-0.2, -0.15) is 0 Å². The lowest BCUT2D eigenvalue weighted by molar-refractivity contribution is 0.578. The second kappa shape index (κ2) is 14.3. The average molecular weight is 527 g/mol. The molecule has 0 bridgehead atoms. The molecule has 0 N–H and O–H groups in total. The van der Waals surface area contributed by atoms with Crippen LogP contribution in [-0.2, 0) is 5.16 Å². The van der Waals surface area contributed by atoms with Crippen LogP contribution in [-0.4, -0.2) is 26.9 Å². The molecule has 0 aliphatic heterocycles. The number of benzene rings is 4. The summed E-state index contributed by atoms with van der Waals surface area (Å²) in [5.41, 5.74) is 6.16. The van der Waals surface area contributed by atoms with E-state index in [0.29, 0.717) is 11.4 Å². The zero-order chi connectivity index (χ0) is 27.3. The number of allylic oxidation sites excluding steroid dienone is 1. The SMILES string of the molecule is BC(c1ccccc1)c1ccccc1.C=CCCC(C)[SiH2]C(c1ccccc1)(c1ccccc1)n1ccnc1. The highest BCUT2D eigenvalue weighted by molar-refractivity contribution is 6.43. The van der Waals surface area contributed by atoms with Crippen LogP contribution in [0.15, 0.2) is 153 Å². The molecule has 1 heterocycles. The van der Waals surface area contributed by atoms with Gasteiger partial charge in [-0.3, -0.25) is 0 Å². The average Bonchev–Trinajstić information content (AvgIpc) is 3.56. The van der Waals surface area contributed by atoms with E-state index in [-0.39, 0.29) is 5.16 Å². The lowest BCUT2D eigenvalue weighted by atomic mass is 9.76. The van der Waals surface area contributed by atoms with Crippen molar-refractivity contribution < 1.29 is 0 Å². The smallest absolute Gasteiger partial charge is 0.116 e. The minimum Gasteiger partial charge on any atom is -0.327 e. The highest BCUT2D eigenvalue weighted by Gasteiger charge is 2.37. The Hall–Kier alpha value is -3.89. The first-order valence-corrected chi connectivity index (χ1v) is 15.5. The molecule has 5 rings (SSSR count). The summed E-state index contributed by atoms with van der Waals surface area (Å²) >= 11 is 0. The van der Waals surface area contributed by atoms with Crippen molar-refractivity contribution >= 4 is 17.4 Å². The van der Waals surface area contributed by atoms with E-state index in [1.807, 2.05) is 18.6 Å². The van der Waals surface area contributed by atoms with Crippen LogP contribution in [0.4, 0.5) is 0 Å². The van der Waals surface area contributed by atoms with Crippen molar-refractivity contribution in [2.45, 2.75) is 36.3 Å². The molecule has 0 saturated carbocycles. The molecule has 0 aliphatic rings. The highest BCUT2D eigenvalue weighted by Crippen LogP contribution is 2.36.